The van der Waals surface area contributed by atoms with Gasteiger partial charge in [0, 0.05) is 12.1 Å². The van der Waals surface area contributed by atoms with Crippen molar-refractivity contribution in [2.45, 2.75) is 71.4 Å². The Balaban J connectivity index is 2.04. The Morgan fingerprint density at radius 2 is 1.90 bits per heavy atom. The molecule has 4 atom stereocenters. The Kier molecular flexibility index (Phi) is 6.22. The second kappa shape index (κ2) is 7.93. The first-order valence-corrected chi connectivity index (χ1v) is 8.67. The highest BCUT2D eigenvalue weighted by molar-refractivity contribution is 5.20. The lowest BCUT2D eigenvalue weighted by Gasteiger charge is -2.27. The number of halogens is 1. The third kappa shape index (κ3) is 4.29. The van der Waals surface area contributed by atoms with Crippen LogP contribution in [0.25, 0.3) is 0 Å². The van der Waals surface area contributed by atoms with Crippen molar-refractivity contribution < 1.29 is 4.39 Å². The lowest BCUT2D eigenvalue weighted by molar-refractivity contribution is 0.313. The summed E-state index contributed by atoms with van der Waals surface area (Å²) in [5.41, 5.74) is 1.23. The molecule has 0 amide bonds. The zero-order valence-electron chi connectivity index (χ0n) is 13.7. The van der Waals surface area contributed by atoms with Gasteiger partial charge in [-0.05, 0) is 48.8 Å². The normalized spacial score (nSPS) is 27.0. The molecule has 2 heteroatoms. The van der Waals surface area contributed by atoms with E-state index in [1.165, 1.54) is 37.7 Å². The summed E-state index contributed by atoms with van der Waals surface area (Å²) in [4.78, 5) is 0. The van der Waals surface area contributed by atoms with Gasteiger partial charge in [0.05, 0.1) is 0 Å². The van der Waals surface area contributed by atoms with Gasteiger partial charge < -0.3 is 5.32 Å². The van der Waals surface area contributed by atoms with Gasteiger partial charge in [-0.15, -0.1) is 0 Å². The predicted octanol–water partition coefficient (Wildman–Crippen LogP) is 5.47. The molecule has 1 fully saturated rings. The minimum absolute atomic E-state index is 0.145. The number of hydrogen-bond acceptors (Lipinski definition) is 1. The fraction of sp³-hybridized carbons (Fsp3) is 0.684. The first-order chi connectivity index (χ1) is 10.2. The van der Waals surface area contributed by atoms with E-state index in [1.54, 1.807) is 12.1 Å². The third-order valence-electron chi connectivity index (χ3n) is 5.29. The van der Waals surface area contributed by atoms with Gasteiger partial charge in [-0.1, -0.05) is 52.2 Å². The van der Waals surface area contributed by atoms with Crippen molar-refractivity contribution in [1.82, 2.24) is 5.32 Å². The fourth-order valence-electron chi connectivity index (χ4n) is 3.77. The molecule has 0 saturated heterocycles. The van der Waals surface area contributed by atoms with Crippen molar-refractivity contribution in [3.63, 3.8) is 0 Å². The van der Waals surface area contributed by atoms with Crippen molar-refractivity contribution in [1.29, 1.82) is 0 Å². The topological polar surface area (TPSA) is 12.0 Å². The van der Waals surface area contributed by atoms with E-state index < -0.39 is 0 Å². The fourth-order valence-corrected chi connectivity index (χ4v) is 3.77. The second-order valence-corrected chi connectivity index (χ2v) is 6.62. The summed E-state index contributed by atoms with van der Waals surface area (Å²) in [6.07, 6.45) is 7.48. The average molecular weight is 291 g/mol. The molecule has 0 heterocycles. The SMILES string of the molecule is CCCCC(NC1CCC(CC)C1C)c1ccc(F)cc1. The van der Waals surface area contributed by atoms with Gasteiger partial charge in [0.15, 0.2) is 0 Å². The Morgan fingerprint density at radius 3 is 2.48 bits per heavy atom. The van der Waals surface area contributed by atoms with Gasteiger partial charge in [0.1, 0.15) is 5.82 Å². The largest absolute Gasteiger partial charge is 0.307 e. The van der Waals surface area contributed by atoms with Crippen LogP contribution in [0.15, 0.2) is 24.3 Å². The molecule has 1 aliphatic carbocycles. The quantitative estimate of drug-likeness (QED) is 0.702. The number of rotatable bonds is 7. The lowest BCUT2D eigenvalue weighted by Crippen LogP contribution is -2.36. The van der Waals surface area contributed by atoms with Crippen LogP contribution in [0.2, 0.25) is 0 Å². The van der Waals surface area contributed by atoms with E-state index in [0.717, 1.165) is 18.3 Å². The van der Waals surface area contributed by atoms with Crippen molar-refractivity contribution >= 4 is 0 Å². The van der Waals surface area contributed by atoms with Crippen LogP contribution in [0, 0.1) is 17.7 Å². The number of unbranched alkanes of at least 4 members (excludes halogenated alkanes) is 1. The Labute approximate surface area is 129 Å². The molecule has 1 saturated carbocycles. The number of hydrogen-bond donors (Lipinski definition) is 1. The molecule has 1 aromatic rings. The van der Waals surface area contributed by atoms with Gasteiger partial charge in [-0.3, -0.25) is 0 Å². The van der Waals surface area contributed by atoms with E-state index in [2.05, 4.69) is 26.1 Å². The maximum absolute atomic E-state index is 13.1. The van der Waals surface area contributed by atoms with Crippen molar-refractivity contribution in [2.24, 2.45) is 11.8 Å². The molecule has 118 valence electrons. The summed E-state index contributed by atoms with van der Waals surface area (Å²) in [5.74, 6) is 1.47. The molecule has 4 unspecified atom stereocenters. The number of nitrogens with one attached hydrogen (secondary N) is 1. The van der Waals surface area contributed by atoms with Gasteiger partial charge in [0.25, 0.3) is 0 Å². The van der Waals surface area contributed by atoms with Crippen LogP contribution in [0.4, 0.5) is 4.39 Å². The van der Waals surface area contributed by atoms with Crippen molar-refractivity contribution in [3.8, 4) is 0 Å². The van der Waals surface area contributed by atoms with Gasteiger partial charge in [-0.2, -0.15) is 0 Å². The molecule has 1 aromatic carbocycles. The van der Waals surface area contributed by atoms with Crippen LogP contribution in [-0.4, -0.2) is 6.04 Å². The summed E-state index contributed by atoms with van der Waals surface area (Å²) in [5, 5.41) is 3.88. The van der Waals surface area contributed by atoms with Crippen LogP contribution in [-0.2, 0) is 0 Å². The summed E-state index contributed by atoms with van der Waals surface area (Å²) in [6, 6.07) is 8.04. The highest BCUT2D eigenvalue weighted by atomic mass is 19.1. The molecular weight excluding hydrogens is 261 g/mol. The summed E-state index contributed by atoms with van der Waals surface area (Å²) in [6.45, 7) is 6.92. The molecule has 1 nitrogen and oxygen atoms in total. The molecule has 0 bridgehead atoms. The van der Waals surface area contributed by atoms with Gasteiger partial charge in [-0.25, -0.2) is 4.39 Å². The van der Waals surface area contributed by atoms with Crippen LogP contribution in [0.1, 0.15) is 70.9 Å². The summed E-state index contributed by atoms with van der Waals surface area (Å²) in [7, 11) is 0. The Hall–Kier alpha value is -0.890. The van der Waals surface area contributed by atoms with E-state index in [-0.39, 0.29) is 5.82 Å². The molecule has 1 N–H and O–H groups in total. The van der Waals surface area contributed by atoms with Crippen LogP contribution < -0.4 is 5.32 Å². The predicted molar refractivity (Wildman–Crippen MR) is 87.8 cm³/mol. The molecule has 1 aliphatic rings. The zero-order valence-corrected chi connectivity index (χ0v) is 13.7. The summed E-state index contributed by atoms with van der Waals surface area (Å²) >= 11 is 0. The minimum atomic E-state index is -0.145. The van der Waals surface area contributed by atoms with E-state index in [4.69, 9.17) is 0 Å². The van der Waals surface area contributed by atoms with Gasteiger partial charge >= 0.3 is 0 Å². The average Bonchev–Trinajstić information content (AvgIpc) is 2.85. The van der Waals surface area contributed by atoms with E-state index in [9.17, 15) is 4.39 Å². The van der Waals surface area contributed by atoms with E-state index >= 15 is 0 Å². The first kappa shape index (κ1) is 16.5. The number of benzene rings is 1. The molecule has 2 rings (SSSR count). The monoisotopic (exact) mass is 291 g/mol. The minimum Gasteiger partial charge on any atom is -0.307 e. The summed E-state index contributed by atoms with van der Waals surface area (Å²) < 4.78 is 13.1. The standard InChI is InChI=1S/C19H30FN/c1-4-6-7-19(16-8-11-17(20)12-9-16)21-18-13-10-15(5-2)14(18)3/h8-9,11-12,14-15,18-19,21H,4-7,10,13H2,1-3H3. The van der Waals surface area contributed by atoms with E-state index in [1.807, 2.05) is 12.1 Å². The smallest absolute Gasteiger partial charge is 0.123 e. The maximum atomic E-state index is 13.1. The third-order valence-corrected chi connectivity index (χ3v) is 5.29. The lowest BCUT2D eigenvalue weighted by atomic mass is 9.92. The zero-order chi connectivity index (χ0) is 15.2. The molecule has 0 aliphatic heterocycles. The molecule has 21 heavy (non-hydrogen) atoms. The maximum Gasteiger partial charge on any atom is 0.123 e. The molecule has 0 radical (unpaired) electrons. The highest BCUT2D eigenvalue weighted by Crippen LogP contribution is 2.35. The molecule has 0 spiro atoms. The molecular formula is C19H30FN. The van der Waals surface area contributed by atoms with Crippen molar-refractivity contribution in [2.75, 3.05) is 0 Å². The first-order valence-electron chi connectivity index (χ1n) is 8.67. The Morgan fingerprint density at radius 1 is 1.19 bits per heavy atom. The second-order valence-electron chi connectivity index (χ2n) is 6.62. The van der Waals surface area contributed by atoms with Crippen molar-refractivity contribution in [3.05, 3.63) is 35.6 Å². The van der Waals surface area contributed by atoms with Gasteiger partial charge in [0.2, 0.25) is 0 Å². The van der Waals surface area contributed by atoms with Crippen LogP contribution >= 0.6 is 0 Å². The highest BCUT2D eigenvalue weighted by Gasteiger charge is 2.32. The van der Waals surface area contributed by atoms with E-state index in [0.29, 0.717) is 12.1 Å². The van der Waals surface area contributed by atoms with Crippen LogP contribution in [0.3, 0.4) is 0 Å². The molecule has 0 aromatic heterocycles. The Bertz CT molecular complexity index is 414. The van der Waals surface area contributed by atoms with Crippen LogP contribution in [0.5, 0.6) is 0 Å².